The highest BCUT2D eigenvalue weighted by molar-refractivity contribution is 5.00. The molecule has 20 heavy (non-hydrogen) atoms. The van der Waals surface area contributed by atoms with Gasteiger partial charge in [0.15, 0.2) is 0 Å². The fraction of sp³-hybridized carbons (Fsp3) is 0.800. The number of rotatable bonds is 6. The number of hydrogen-bond acceptors (Lipinski definition) is 4. The van der Waals surface area contributed by atoms with Crippen molar-refractivity contribution in [1.82, 2.24) is 24.9 Å². The molecular weight excluding hydrogens is 250 g/mol. The smallest absolute Gasteiger partial charge is 0.0521 e. The summed E-state index contributed by atoms with van der Waals surface area (Å²) in [6.45, 7) is 14.3. The van der Waals surface area contributed by atoms with Gasteiger partial charge < -0.3 is 10.2 Å². The van der Waals surface area contributed by atoms with E-state index in [1.165, 1.54) is 18.8 Å². The molecule has 2 rings (SSSR count). The van der Waals surface area contributed by atoms with E-state index in [4.69, 9.17) is 0 Å². The topological polar surface area (TPSA) is 36.3 Å². The Hall–Kier alpha value is -0.910. The van der Waals surface area contributed by atoms with Gasteiger partial charge in [-0.05, 0) is 33.9 Å². The van der Waals surface area contributed by atoms with Gasteiger partial charge in [-0.1, -0.05) is 0 Å². The van der Waals surface area contributed by atoms with Crippen LogP contribution in [0.5, 0.6) is 0 Å². The average molecular weight is 279 g/mol. The summed E-state index contributed by atoms with van der Waals surface area (Å²) < 4.78 is 2.05. The van der Waals surface area contributed by atoms with Gasteiger partial charge in [-0.2, -0.15) is 5.10 Å². The van der Waals surface area contributed by atoms with Crippen LogP contribution in [0.3, 0.4) is 0 Å². The number of nitrogens with one attached hydrogen (secondary N) is 1. The van der Waals surface area contributed by atoms with E-state index in [-0.39, 0.29) is 5.54 Å². The first-order chi connectivity index (χ1) is 9.53. The quantitative estimate of drug-likeness (QED) is 0.843. The van der Waals surface area contributed by atoms with Crippen molar-refractivity contribution in [2.45, 2.75) is 39.4 Å². The zero-order chi connectivity index (χ0) is 14.6. The second kappa shape index (κ2) is 6.70. The van der Waals surface area contributed by atoms with Crippen molar-refractivity contribution in [2.24, 2.45) is 0 Å². The summed E-state index contributed by atoms with van der Waals surface area (Å²) in [5, 5.41) is 7.90. The second-order valence-corrected chi connectivity index (χ2v) is 6.34. The minimum absolute atomic E-state index is 0.207. The summed E-state index contributed by atoms with van der Waals surface area (Å²) in [4.78, 5) is 5.00. The van der Waals surface area contributed by atoms with Gasteiger partial charge >= 0.3 is 0 Å². The zero-order valence-electron chi connectivity index (χ0n) is 13.4. The molecule has 114 valence electrons. The van der Waals surface area contributed by atoms with Crippen molar-refractivity contribution in [1.29, 1.82) is 0 Å². The van der Waals surface area contributed by atoms with E-state index in [1.54, 1.807) is 0 Å². The Morgan fingerprint density at radius 3 is 2.60 bits per heavy atom. The third-order valence-electron chi connectivity index (χ3n) is 4.33. The molecule has 1 saturated heterocycles. The van der Waals surface area contributed by atoms with Gasteiger partial charge in [0.2, 0.25) is 0 Å². The lowest BCUT2D eigenvalue weighted by Crippen LogP contribution is -2.57. The summed E-state index contributed by atoms with van der Waals surface area (Å²) in [5.74, 6) is 0. The first-order valence-corrected chi connectivity index (χ1v) is 7.68. The van der Waals surface area contributed by atoms with Crippen molar-refractivity contribution in [3.63, 3.8) is 0 Å². The highest BCUT2D eigenvalue weighted by Crippen LogP contribution is 2.15. The molecule has 1 aliphatic heterocycles. The van der Waals surface area contributed by atoms with Gasteiger partial charge in [0.1, 0.15) is 0 Å². The monoisotopic (exact) mass is 279 g/mol. The Balaban J connectivity index is 1.80. The zero-order valence-corrected chi connectivity index (χ0v) is 13.4. The van der Waals surface area contributed by atoms with Crippen LogP contribution >= 0.6 is 0 Å². The Morgan fingerprint density at radius 2 is 1.95 bits per heavy atom. The van der Waals surface area contributed by atoms with Gasteiger partial charge in [-0.3, -0.25) is 9.58 Å². The largest absolute Gasteiger partial charge is 0.309 e. The fourth-order valence-electron chi connectivity index (χ4n) is 2.82. The maximum Gasteiger partial charge on any atom is 0.0521 e. The van der Waals surface area contributed by atoms with Crippen molar-refractivity contribution in [3.8, 4) is 0 Å². The van der Waals surface area contributed by atoms with E-state index in [2.05, 4.69) is 58.8 Å². The molecule has 0 unspecified atom stereocenters. The molecule has 0 aromatic carbocycles. The lowest BCUT2D eigenvalue weighted by molar-refractivity contribution is 0.0617. The van der Waals surface area contributed by atoms with E-state index in [0.717, 1.165) is 32.7 Å². The lowest BCUT2D eigenvalue weighted by atomic mass is 10.0. The van der Waals surface area contributed by atoms with Crippen molar-refractivity contribution < 1.29 is 0 Å². The van der Waals surface area contributed by atoms with Crippen LogP contribution in [0.2, 0.25) is 0 Å². The van der Waals surface area contributed by atoms with Gasteiger partial charge in [-0.25, -0.2) is 0 Å². The molecule has 0 aliphatic carbocycles. The van der Waals surface area contributed by atoms with Gasteiger partial charge in [0.25, 0.3) is 0 Å². The predicted molar refractivity (Wildman–Crippen MR) is 82.8 cm³/mol. The summed E-state index contributed by atoms with van der Waals surface area (Å²) in [7, 11) is 2.20. The molecule has 0 atom stereocenters. The first-order valence-electron chi connectivity index (χ1n) is 7.68. The van der Waals surface area contributed by atoms with Crippen LogP contribution in [-0.4, -0.2) is 64.9 Å². The molecule has 1 aromatic heterocycles. The third kappa shape index (κ3) is 3.81. The van der Waals surface area contributed by atoms with E-state index < -0.39 is 0 Å². The second-order valence-electron chi connectivity index (χ2n) is 6.34. The van der Waals surface area contributed by atoms with Crippen molar-refractivity contribution >= 4 is 0 Å². The number of aromatic nitrogens is 2. The fourth-order valence-corrected chi connectivity index (χ4v) is 2.82. The van der Waals surface area contributed by atoms with Crippen LogP contribution in [0.25, 0.3) is 0 Å². The molecule has 1 aliphatic rings. The maximum absolute atomic E-state index is 4.31. The van der Waals surface area contributed by atoms with E-state index in [9.17, 15) is 0 Å². The van der Waals surface area contributed by atoms with Gasteiger partial charge in [0, 0.05) is 57.5 Å². The van der Waals surface area contributed by atoms with E-state index in [0.29, 0.717) is 0 Å². The Morgan fingerprint density at radius 1 is 1.25 bits per heavy atom. The minimum Gasteiger partial charge on any atom is -0.309 e. The van der Waals surface area contributed by atoms with Crippen LogP contribution in [0.15, 0.2) is 12.3 Å². The number of likely N-dealkylation sites (N-methyl/N-ethyl adjacent to an activating group) is 1. The average Bonchev–Trinajstić information content (AvgIpc) is 2.86. The first kappa shape index (κ1) is 15.5. The number of hydrogen-bond donors (Lipinski definition) is 1. The molecule has 2 heterocycles. The molecule has 0 saturated carbocycles. The highest BCUT2D eigenvalue weighted by atomic mass is 15.3. The van der Waals surface area contributed by atoms with Crippen LogP contribution in [-0.2, 0) is 13.1 Å². The van der Waals surface area contributed by atoms with Crippen LogP contribution < -0.4 is 5.32 Å². The molecule has 1 aromatic rings. The van der Waals surface area contributed by atoms with Crippen LogP contribution in [0.1, 0.15) is 26.5 Å². The Kier molecular flexibility index (Phi) is 5.18. The Bertz CT molecular complexity index is 404. The summed E-state index contributed by atoms with van der Waals surface area (Å²) in [6.07, 6.45) is 1.88. The van der Waals surface area contributed by atoms with Gasteiger partial charge in [0.05, 0.1) is 5.69 Å². The SMILES string of the molecule is CCn1nccc1CNCC(C)(C)N1CCN(C)CC1. The number of piperazine rings is 1. The van der Waals surface area contributed by atoms with Crippen molar-refractivity contribution in [2.75, 3.05) is 39.8 Å². The molecule has 0 amide bonds. The normalized spacial score (nSPS) is 18.6. The molecule has 0 radical (unpaired) electrons. The molecule has 0 bridgehead atoms. The summed E-state index contributed by atoms with van der Waals surface area (Å²) in [6, 6.07) is 2.10. The lowest BCUT2D eigenvalue weighted by Gasteiger charge is -2.43. The molecule has 1 fully saturated rings. The van der Waals surface area contributed by atoms with E-state index in [1.807, 2.05) is 6.20 Å². The molecular formula is C15H29N5. The minimum atomic E-state index is 0.207. The van der Waals surface area contributed by atoms with Gasteiger partial charge in [-0.15, -0.1) is 0 Å². The standard InChI is InChI=1S/C15H29N5/c1-5-20-14(6-7-17-20)12-16-13-15(2,3)19-10-8-18(4)9-11-19/h6-7,16H,5,8-13H2,1-4H3. The molecule has 0 spiro atoms. The highest BCUT2D eigenvalue weighted by Gasteiger charge is 2.28. The molecule has 5 heteroatoms. The number of aryl methyl sites for hydroxylation is 1. The van der Waals surface area contributed by atoms with Crippen LogP contribution in [0.4, 0.5) is 0 Å². The summed E-state index contributed by atoms with van der Waals surface area (Å²) >= 11 is 0. The summed E-state index contributed by atoms with van der Waals surface area (Å²) in [5.41, 5.74) is 1.47. The molecule has 5 nitrogen and oxygen atoms in total. The third-order valence-corrected chi connectivity index (χ3v) is 4.33. The maximum atomic E-state index is 4.31. The Labute approximate surface area is 122 Å². The molecule has 1 N–H and O–H groups in total. The predicted octanol–water partition coefficient (Wildman–Crippen LogP) is 1.02. The number of nitrogens with zero attached hydrogens (tertiary/aromatic N) is 4. The van der Waals surface area contributed by atoms with Crippen molar-refractivity contribution in [3.05, 3.63) is 18.0 Å². The van der Waals surface area contributed by atoms with Crippen LogP contribution in [0, 0.1) is 0 Å². The van der Waals surface area contributed by atoms with E-state index >= 15 is 0 Å².